The third kappa shape index (κ3) is 5.70. The summed E-state index contributed by atoms with van der Waals surface area (Å²) in [5, 5.41) is 3.26. The molecule has 1 aliphatic carbocycles. The number of piperidine rings is 1. The Morgan fingerprint density at radius 1 is 1.08 bits per heavy atom. The summed E-state index contributed by atoms with van der Waals surface area (Å²) >= 11 is 0. The van der Waals surface area contributed by atoms with Crippen LogP contribution in [-0.2, 0) is 4.79 Å². The molecule has 138 valence electrons. The van der Waals surface area contributed by atoms with Gasteiger partial charge in [0.1, 0.15) is 0 Å². The summed E-state index contributed by atoms with van der Waals surface area (Å²) < 4.78 is 0. The number of likely N-dealkylation sites (tertiary alicyclic amines) is 1. The highest BCUT2D eigenvalue weighted by Gasteiger charge is 2.23. The Morgan fingerprint density at radius 3 is 2.44 bits per heavy atom. The van der Waals surface area contributed by atoms with E-state index in [0.717, 1.165) is 44.3 Å². The van der Waals surface area contributed by atoms with Crippen molar-refractivity contribution in [2.45, 2.75) is 69.7 Å². The van der Waals surface area contributed by atoms with E-state index in [9.17, 15) is 9.59 Å². The Kier molecular flexibility index (Phi) is 6.68. The summed E-state index contributed by atoms with van der Waals surface area (Å²) in [6.07, 6.45) is 12.5. The Hall–Kier alpha value is -1.62. The first kappa shape index (κ1) is 18.2. The molecule has 0 spiro atoms. The monoisotopic (exact) mass is 345 g/mol. The zero-order valence-electron chi connectivity index (χ0n) is 15.1. The number of nitrogens with one attached hydrogen (secondary N) is 2. The number of nitrogens with zero attached hydrogens (tertiary/aromatic N) is 1. The lowest BCUT2D eigenvalue weighted by atomic mass is 9.90. The normalized spacial score (nSPS) is 21.4. The molecular formula is C20H31N3O2. The van der Waals surface area contributed by atoms with Crippen LogP contribution in [0.1, 0.15) is 69.3 Å². The van der Waals surface area contributed by atoms with Gasteiger partial charge in [-0.25, -0.2) is 0 Å². The highest BCUT2D eigenvalue weighted by molar-refractivity contribution is 5.78. The largest absolute Gasteiger partial charge is 0.352 e. The van der Waals surface area contributed by atoms with Gasteiger partial charge in [-0.15, -0.1) is 0 Å². The van der Waals surface area contributed by atoms with Crippen molar-refractivity contribution >= 4 is 5.91 Å². The van der Waals surface area contributed by atoms with Crippen molar-refractivity contribution in [1.29, 1.82) is 0 Å². The Bertz CT molecular complexity index is 597. The van der Waals surface area contributed by atoms with Gasteiger partial charge in [-0.05, 0) is 56.3 Å². The predicted molar refractivity (Wildman–Crippen MR) is 99.7 cm³/mol. The minimum Gasteiger partial charge on any atom is -0.352 e. The van der Waals surface area contributed by atoms with Gasteiger partial charge in [-0.3, -0.25) is 14.5 Å². The van der Waals surface area contributed by atoms with Gasteiger partial charge >= 0.3 is 0 Å². The maximum Gasteiger partial charge on any atom is 0.248 e. The van der Waals surface area contributed by atoms with Crippen molar-refractivity contribution in [3.63, 3.8) is 0 Å². The summed E-state index contributed by atoms with van der Waals surface area (Å²) in [7, 11) is 0. The molecule has 0 radical (unpaired) electrons. The second-order valence-electron chi connectivity index (χ2n) is 7.65. The maximum atomic E-state index is 12.4. The number of pyridine rings is 1. The van der Waals surface area contributed by atoms with Crippen LogP contribution in [0.2, 0.25) is 0 Å². The molecule has 1 aromatic rings. The number of amides is 1. The van der Waals surface area contributed by atoms with Gasteiger partial charge in [0.25, 0.3) is 0 Å². The van der Waals surface area contributed by atoms with Crippen molar-refractivity contribution < 1.29 is 4.79 Å². The van der Waals surface area contributed by atoms with E-state index in [1.807, 2.05) is 6.07 Å². The van der Waals surface area contributed by atoms with Crippen molar-refractivity contribution in [3.8, 4) is 0 Å². The quantitative estimate of drug-likeness (QED) is 0.882. The van der Waals surface area contributed by atoms with Gasteiger partial charge < -0.3 is 10.3 Å². The summed E-state index contributed by atoms with van der Waals surface area (Å²) in [6, 6.07) is 4.09. The summed E-state index contributed by atoms with van der Waals surface area (Å²) in [5.41, 5.74) is 1.10. The van der Waals surface area contributed by atoms with Crippen LogP contribution in [0.4, 0.5) is 0 Å². The second-order valence-corrected chi connectivity index (χ2v) is 7.65. The molecule has 1 aromatic heterocycles. The van der Waals surface area contributed by atoms with E-state index in [1.54, 1.807) is 12.3 Å². The molecule has 0 atom stereocenters. The molecular weight excluding hydrogens is 314 g/mol. The molecule has 2 fully saturated rings. The van der Waals surface area contributed by atoms with E-state index in [-0.39, 0.29) is 11.5 Å². The summed E-state index contributed by atoms with van der Waals surface area (Å²) in [5.74, 6) is 0.618. The third-order valence-electron chi connectivity index (χ3n) is 5.70. The Labute approximate surface area is 150 Å². The number of hydrogen-bond donors (Lipinski definition) is 2. The molecule has 3 rings (SSSR count). The van der Waals surface area contributed by atoms with Crippen LogP contribution < -0.4 is 10.9 Å². The zero-order chi connectivity index (χ0) is 17.5. The molecule has 0 bridgehead atoms. The van der Waals surface area contributed by atoms with Crippen molar-refractivity contribution in [2.75, 3.05) is 19.6 Å². The molecule has 1 aliphatic heterocycles. The van der Waals surface area contributed by atoms with Crippen molar-refractivity contribution in [2.24, 2.45) is 0 Å². The minimum atomic E-state index is -0.0292. The molecule has 1 saturated heterocycles. The molecule has 1 saturated carbocycles. The predicted octanol–water partition coefficient (Wildman–Crippen LogP) is 2.78. The van der Waals surface area contributed by atoms with E-state index >= 15 is 0 Å². The van der Waals surface area contributed by atoms with Crippen molar-refractivity contribution in [3.05, 3.63) is 34.2 Å². The van der Waals surface area contributed by atoms with Crippen LogP contribution in [0.5, 0.6) is 0 Å². The van der Waals surface area contributed by atoms with E-state index in [4.69, 9.17) is 0 Å². The SMILES string of the molecule is O=C(CN1CCC(c2cc[nH]c(=O)c2)CC1)NC1CCCCCCC1. The van der Waals surface area contributed by atoms with Crippen molar-refractivity contribution in [1.82, 2.24) is 15.2 Å². The molecule has 25 heavy (non-hydrogen) atoms. The van der Waals surface area contributed by atoms with Gasteiger partial charge in [-0.1, -0.05) is 32.1 Å². The molecule has 0 aromatic carbocycles. The molecule has 1 amide bonds. The smallest absolute Gasteiger partial charge is 0.248 e. The zero-order valence-corrected chi connectivity index (χ0v) is 15.1. The lowest BCUT2D eigenvalue weighted by molar-refractivity contribution is -0.123. The highest BCUT2D eigenvalue weighted by atomic mass is 16.2. The number of aromatic nitrogens is 1. The maximum absolute atomic E-state index is 12.4. The first-order valence-electron chi connectivity index (χ1n) is 9.91. The third-order valence-corrected chi connectivity index (χ3v) is 5.70. The average molecular weight is 345 g/mol. The van der Waals surface area contributed by atoms with Gasteiger partial charge in [-0.2, -0.15) is 0 Å². The number of H-pyrrole nitrogens is 1. The van der Waals surface area contributed by atoms with Gasteiger partial charge in [0.05, 0.1) is 6.54 Å². The van der Waals surface area contributed by atoms with E-state index in [1.165, 1.54) is 32.1 Å². The highest BCUT2D eigenvalue weighted by Crippen LogP contribution is 2.26. The molecule has 0 unspecified atom stereocenters. The van der Waals surface area contributed by atoms with Crippen LogP contribution in [0.25, 0.3) is 0 Å². The Morgan fingerprint density at radius 2 is 1.76 bits per heavy atom. The van der Waals surface area contributed by atoms with E-state index < -0.39 is 0 Å². The lowest BCUT2D eigenvalue weighted by Gasteiger charge is -2.32. The lowest BCUT2D eigenvalue weighted by Crippen LogP contribution is -2.44. The summed E-state index contributed by atoms with van der Waals surface area (Å²) in [6.45, 7) is 2.36. The number of aromatic amines is 1. The standard InChI is InChI=1S/C20H31N3O2/c24-19-14-17(8-11-21-19)16-9-12-23(13-10-16)15-20(25)22-18-6-4-2-1-3-5-7-18/h8,11,14,16,18H,1-7,9-10,12-13,15H2,(H,21,24)(H,22,25). The van der Waals surface area contributed by atoms with Crippen LogP contribution in [0.15, 0.2) is 23.1 Å². The van der Waals surface area contributed by atoms with Crippen LogP contribution >= 0.6 is 0 Å². The molecule has 2 N–H and O–H groups in total. The minimum absolute atomic E-state index is 0.0292. The number of rotatable bonds is 4. The molecule has 2 aliphatic rings. The molecule has 2 heterocycles. The van der Waals surface area contributed by atoms with Gasteiger partial charge in [0, 0.05) is 18.3 Å². The average Bonchev–Trinajstić information content (AvgIpc) is 2.58. The van der Waals surface area contributed by atoms with Crippen LogP contribution in [0.3, 0.4) is 0 Å². The summed E-state index contributed by atoms with van der Waals surface area (Å²) in [4.78, 5) is 28.8. The fraction of sp³-hybridized carbons (Fsp3) is 0.700. The van der Waals surface area contributed by atoms with Crippen LogP contribution in [-0.4, -0.2) is 41.5 Å². The number of hydrogen-bond acceptors (Lipinski definition) is 3. The number of carbonyl (C=O) groups excluding carboxylic acids is 1. The first-order valence-corrected chi connectivity index (χ1v) is 9.91. The van der Waals surface area contributed by atoms with Crippen LogP contribution in [0, 0.1) is 0 Å². The Balaban J connectivity index is 1.42. The topological polar surface area (TPSA) is 65.2 Å². The fourth-order valence-corrected chi connectivity index (χ4v) is 4.22. The van der Waals surface area contributed by atoms with E-state index in [2.05, 4.69) is 15.2 Å². The second kappa shape index (κ2) is 9.18. The molecule has 5 nitrogen and oxygen atoms in total. The van der Waals surface area contributed by atoms with E-state index in [0.29, 0.717) is 18.5 Å². The van der Waals surface area contributed by atoms with Gasteiger partial charge in [0.2, 0.25) is 11.5 Å². The molecule has 5 heteroatoms. The van der Waals surface area contributed by atoms with Gasteiger partial charge in [0.15, 0.2) is 0 Å². The first-order chi connectivity index (χ1) is 12.2. The fourth-order valence-electron chi connectivity index (χ4n) is 4.22. The number of carbonyl (C=O) groups is 1.